The molecule has 0 fully saturated rings. The van der Waals surface area contributed by atoms with Gasteiger partial charge in [-0.3, -0.25) is 33.6 Å². The molecule has 1 aromatic carbocycles. The second kappa shape index (κ2) is 29.7. The first-order chi connectivity index (χ1) is 42.8. The van der Waals surface area contributed by atoms with Gasteiger partial charge in [0.25, 0.3) is 17.7 Å². The number of fused-ring (bicyclic) bond motifs is 14. The van der Waals surface area contributed by atoms with Crippen LogP contribution in [0.25, 0.3) is 43.4 Å². The van der Waals surface area contributed by atoms with Gasteiger partial charge < -0.3 is 46.6 Å². The smallest absolute Gasteiger partial charge is 0.307 e. The van der Waals surface area contributed by atoms with Crippen LogP contribution in [0.4, 0.5) is 5.82 Å². The lowest BCUT2D eigenvalue weighted by Crippen LogP contribution is -2.40. The van der Waals surface area contributed by atoms with Gasteiger partial charge in [0.2, 0.25) is 11.8 Å². The number of aliphatic carboxylic acids is 2. The summed E-state index contributed by atoms with van der Waals surface area (Å²) in [7, 11) is 2.93. The number of aryl methyl sites for hydroxylation is 1. The molecule has 0 spiro atoms. The number of hydrogen-bond acceptors (Lipinski definition) is 23. The van der Waals surface area contributed by atoms with E-state index in [-0.39, 0.29) is 53.9 Å². The molecular formula is C59H59N13O11S6. The van der Waals surface area contributed by atoms with Gasteiger partial charge in [-0.05, 0) is 61.4 Å². The number of allylic oxidation sites excluding steroid dienone is 3. The van der Waals surface area contributed by atoms with Crippen molar-refractivity contribution in [3.8, 4) is 43.4 Å². The molecule has 24 nitrogen and oxygen atoms in total. The Morgan fingerprint density at radius 2 is 1.44 bits per heavy atom. The minimum atomic E-state index is -1.29. The number of benzene rings is 1. The quantitative estimate of drug-likeness (QED) is 0.0310. The number of rotatable bonds is 17. The molecule has 8 heterocycles. The topological polar surface area (TPSA) is 352 Å². The third kappa shape index (κ3) is 16.2. The van der Waals surface area contributed by atoms with Crippen molar-refractivity contribution in [2.75, 3.05) is 20.7 Å². The monoisotopic (exact) mass is 1320 g/mol. The predicted octanol–water partition coefficient (Wildman–Crippen LogP) is 9.62. The summed E-state index contributed by atoms with van der Waals surface area (Å²) in [5.74, 6) is -4.87. The molecule has 0 radical (unpaired) electrons. The fraction of sp³-hybridized carbons (Fsp3) is 0.305. The summed E-state index contributed by atoms with van der Waals surface area (Å²) in [6.45, 7) is 6.64. The summed E-state index contributed by atoms with van der Waals surface area (Å²) >= 11 is 7.15. The van der Waals surface area contributed by atoms with Crippen molar-refractivity contribution < 1.29 is 53.6 Å². The van der Waals surface area contributed by atoms with Crippen LogP contribution >= 0.6 is 68.0 Å². The first kappa shape index (κ1) is 65.0. The van der Waals surface area contributed by atoms with Crippen molar-refractivity contribution >= 4 is 122 Å². The Labute approximate surface area is 533 Å². The van der Waals surface area contributed by atoms with Crippen LogP contribution in [0.1, 0.15) is 139 Å². The van der Waals surface area contributed by atoms with Crippen molar-refractivity contribution in [2.24, 2.45) is 10.9 Å². The molecule has 10 bridgehead atoms. The van der Waals surface area contributed by atoms with Crippen LogP contribution < -0.4 is 26.6 Å². The number of methoxy groups -OCH3 is 1. The second-order valence-electron chi connectivity index (χ2n) is 20.3. The first-order valence-corrected chi connectivity index (χ1v) is 32.7. The summed E-state index contributed by atoms with van der Waals surface area (Å²) in [4.78, 5) is 132. The molecule has 1 unspecified atom stereocenters. The number of aliphatic hydroxyl groups excluding tert-OH is 1. The lowest BCUT2D eigenvalue weighted by molar-refractivity contribution is -0.137. The van der Waals surface area contributed by atoms with Gasteiger partial charge in [-0.2, -0.15) is 0 Å². The normalized spacial score (nSPS) is 16.6. The molecule has 9 rings (SSSR count). The highest BCUT2D eigenvalue weighted by Crippen LogP contribution is 2.40. The van der Waals surface area contributed by atoms with Gasteiger partial charge in [-0.25, -0.2) is 39.9 Å². The number of ether oxygens (including phenoxy) is 1. The van der Waals surface area contributed by atoms with E-state index in [1.807, 2.05) is 13.8 Å². The largest absolute Gasteiger partial charge is 0.481 e. The number of hydrogen-bond donors (Lipinski definition) is 8. The summed E-state index contributed by atoms with van der Waals surface area (Å²) in [5, 5.41) is 53.9. The number of pyridine rings is 1. The molecule has 8 N–H and O–H groups in total. The third-order valence-corrected chi connectivity index (χ3v) is 19.3. The van der Waals surface area contributed by atoms with Crippen LogP contribution in [0.15, 0.2) is 92.3 Å². The zero-order valence-corrected chi connectivity index (χ0v) is 53.5. The minimum absolute atomic E-state index is 0.00675. The Morgan fingerprint density at radius 3 is 2.17 bits per heavy atom. The standard InChI is InChI=1S/C59H59N13O11S6/c1-7-30(19-44(77)78)18-31(12-11-15-43(75)76)21-61-40-27-87-55(68-40)34-17-16-33-47(63-34)36-24-85-56(65-36)38-26-86-58(67-38)49(50(79)32-13-9-8-10-14-32)69-42(74)22-62-52(81)48-39(23-83-6)89-59(72-48)45(28(2)3)70-53(82)46-29(4)88-57(71-46)35(20-41(73)60-5)64-51(80)37-25-84-54(33)66-37/h7-10,13-14,16-18,21,24-28,35,45,49-50,79H,11-12,15,19-20,22-23H2,1-6H3,(H,60,73)(H,62,81)(H,64,80)(H,69,74)(H,70,82)(H,75,76)(H,77,78)/b30-7+,31-18-,61-21?/t35-,45?,49-,50-/m0/s1. The van der Waals surface area contributed by atoms with Gasteiger partial charge >= 0.3 is 11.9 Å². The third-order valence-electron chi connectivity index (χ3n) is 13.5. The summed E-state index contributed by atoms with van der Waals surface area (Å²) in [5.41, 5.74) is 3.74. The van der Waals surface area contributed by atoms with Crippen LogP contribution in [0, 0.1) is 12.8 Å². The van der Waals surface area contributed by atoms with E-state index in [9.17, 15) is 48.9 Å². The Bertz CT molecular complexity index is 4030. The number of carboxylic acid groups (broad SMARTS) is 2. The van der Waals surface area contributed by atoms with E-state index in [1.165, 1.54) is 54.4 Å². The molecule has 1 aliphatic rings. The average Bonchev–Trinajstić information content (AvgIpc) is 3.10. The van der Waals surface area contributed by atoms with E-state index >= 15 is 0 Å². The van der Waals surface area contributed by atoms with Crippen molar-refractivity contribution in [1.29, 1.82) is 0 Å². The Kier molecular flexibility index (Phi) is 21.7. The lowest BCUT2D eigenvalue weighted by atomic mass is 10.0. The first-order valence-electron chi connectivity index (χ1n) is 27.6. The number of carbonyl (C=O) groups is 7. The number of carbonyl (C=O) groups excluding carboxylic acids is 5. The van der Waals surface area contributed by atoms with E-state index in [2.05, 4.69) is 31.6 Å². The molecule has 1 aliphatic heterocycles. The minimum Gasteiger partial charge on any atom is -0.481 e. The maximum atomic E-state index is 14.4. The van der Waals surface area contributed by atoms with Gasteiger partial charge in [0, 0.05) is 58.8 Å². The van der Waals surface area contributed by atoms with Gasteiger partial charge in [0.15, 0.2) is 5.82 Å². The van der Waals surface area contributed by atoms with E-state index in [4.69, 9.17) is 39.6 Å². The van der Waals surface area contributed by atoms with Crippen LogP contribution in [-0.2, 0) is 30.5 Å². The number of aliphatic imine (C=N–C) groups is 1. The number of aliphatic hydroxyl groups is 1. The molecule has 7 aromatic heterocycles. The summed E-state index contributed by atoms with van der Waals surface area (Å²) < 4.78 is 5.45. The Balaban J connectivity index is 1.12. The number of thiazole rings is 6. The SMILES string of the molecule is C/C=C(\C=C(/C=Nc1csc(-c2ccc3c(n2)-c2csc(n2)-c2csc(n2)[C@H]([C@@H](O)c2ccccc2)NC(=O)CNC(=O)c2nc(sc2COC)C(C(C)C)NC(=O)c2nc(sc2C)[C@H](CC(=O)NC)NC(=O)c2csc-3n2)n1)CCCC(=O)O)CC(=O)O. The highest BCUT2D eigenvalue weighted by atomic mass is 32.1. The van der Waals surface area contributed by atoms with E-state index < -0.39 is 72.2 Å². The highest BCUT2D eigenvalue weighted by Gasteiger charge is 2.33. The number of aromatic nitrogens is 7. The molecule has 0 aliphatic carbocycles. The van der Waals surface area contributed by atoms with Crippen LogP contribution in [0.5, 0.6) is 0 Å². The van der Waals surface area contributed by atoms with Crippen LogP contribution in [0.2, 0.25) is 0 Å². The average molecular weight is 1320 g/mol. The van der Waals surface area contributed by atoms with Gasteiger partial charge in [0.1, 0.15) is 76.4 Å². The molecule has 0 saturated heterocycles. The molecular weight excluding hydrogens is 1260 g/mol. The zero-order valence-electron chi connectivity index (χ0n) is 48.6. The number of carboxylic acids is 2. The van der Waals surface area contributed by atoms with Crippen LogP contribution in [-0.4, -0.2) is 119 Å². The molecule has 4 atom stereocenters. The number of amides is 5. The second-order valence-corrected chi connectivity index (χ2v) is 26.1. The molecule has 462 valence electrons. The fourth-order valence-electron chi connectivity index (χ4n) is 9.05. The van der Waals surface area contributed by atoms with Gasteiger partial charge in [-0.15, -0.1) is 68.0 Å². The predicted molar refractivity (Wildman–Crippen MR) is 341 cm³/mol. The van der Waals surface area contributed by atoms with Crippen molar-refractivity contribution in [3.05, 3.63) is 135 Å². The summed E-state index contributed by atoms with van der Waals surface area (Å²) in [6, 6.07) is 9.42. The Hall–Kier alpha value is -8.49. The molecule has 5 amide bonds. The maximum Gasteiger partial charge on any atom is 0.307 e. The van der Waals surface area contributed by atoms with Gasteiger partial charge in [-0.1, -0.05) is 56.3 Å². The van der Waals surface area contributed by atoms with E-state index in [0.717, 1.165) is 34.0 Å². The van der Waals surface area contributed by atoms with Gasteiger partial charge in [0.05, 0.1) is 48.6 Å². The van der Waals surface area contributed by atoms with E-state index in [1.54, 1.807) is 90.0 Å². The van der Waals surface area contributed by atoms with E-state index in [0.29, 0.717) is 98.5 Å². The van der Waals surface area contributed by atoms with Crippen molar-refractivity contribution in [2.45, 2.75) is 90.6 Å². The Morgan fingerprint density at radius 1 is 0.719 bits per heavy atom. The fourth-order valence-corrected chi connectivity index (χ4v) is 14.5. The van der Waals surface area contributed by atoms with Crippen molar-refractivity contribution in [1.82, 2.24) is 61.5 Å². The lowest BCUT2D eigenvalue weighted by Gasteiger charge is -2.23. The van der Waals surface area contributed by atoms with Crippen LogP contribution in [0.3, 0.4) is 0 Å². The zero-order chi connectivity index (χ0) is 63.5. The van der Waals surface area contributed by atoms with Crippen molar-refractivity contribution in [3.63, 3.8) is 0 Å². The molecule has 89 heavy (non-hydrogen) atoms. The molecule has 8 aromatic rings. The molecule has 30 heteroatoms. The summed E-state index contributed by atoms with van der Waals surface area (Å²) in [6.07, 6.45) is 3.65. The highest BCUT2D eigenvalue weighted by molar-refractivity contribution is 7.15. The number of nitrogens with one attached hydrogen (secondary N) is 5. The maximum absolute atomic E-state index is 14.4. The molecule has 0 saturated carbocycles. The number of nitrogens with zero attached hydrogens (tertiary/aromatic N) is 8.